The Balaban J connectivity index is 2.26. The molecule has 2 nitrogen and oxygen atoms in total. The molecule has 1 rings (SSSR count). The van der Waals surface area contributed by atoms with Gasteiger partial charge in [-0.15, -0.1) is 0 Å². The van der Waals surface area contributed by atoms with E-state index in [1.165, 1.54) is 12.8 Å². The monoisotopic (exact) mass is 262 g/mol. The van der Waals surface area contributed by atoms with Crippen molar-refractivity contribution in [2.24, 2.45) is 0 Å². The first kappa shape index (κ1) is 13.6. The minimum Gasteiger partial charge on any atom is -0.485 e. The van der Waals surface area contributed by atoms with Crippen molar-refractivity contribution < 1.29 is 10.1 Å². The maximum Gasteiger partial charge on any atom is 0.156 e. The summed E-state index contributed by atoms with van der Waals surface area (Å²) in [6.45, 7) is 4.90. The number of halogens is 2. The number of hydrogen-bond donors (Lipinski definition) is 1. The van der Waals surface area contributed by atoms with E-state index in [1.54, 1.807) is 12.1 Å². The highest BCUT2D eigenvalue weighted by atomic mass is 35.5. The third-order valence-electron chi connectivity index (χ3n) is 2.25. The number of nitrogens with two attached hydrogens (primary N) is 1. The van der Waals surface area contributed by atoms with Gasteiger partial charge in [0.2, 0.25) is 0 Å². The first-order valence-corrected chi connectivity index (χ1v) is 6.39. The number of quaternary nitrogens is 1. The molecule has 0 atom stereocenters. The van der Waals surface area contributed by atoms with Crippen LogP contribution in [0.1, 0.15) is 19.8 Å². The highest BCUT2D eigenvalue weighted by Crippen LogP contribution is 2.31. The molecule has 0 saturated heterocycles. The second-order valence-electron chi connectivity index (χ2n) is 3.62. The third-order valence-corrected chi connectivity index (χ3v) is 2.84. The fourth-order valence-electron chi connectivity index (χ4n) is 1.36. The first-order chi connectivity index (χ1) is 7.75. The Bertz CT molecular complexity index is 298. The van der Waals surface area contributed by atoms with E-state index in [2.05, 4.69) is 12.2 Å². The SMILES string of the molecule is CCCC[NH2+]CCOc1c(Cl)cccc1Cl. The zero-order chi connectivity index (χ0) is 11.8. The van der Waals surface area contributed by atoms with Crippen molar-refractivity contribution in [1.82, 2.24) is 0 Å². The predicted molar refractivity (Wildman–Crippen MR) is 68.5 cm³/mol. The first-order valence-electron chi connectivity index (χ1n) is 5.64. The molecular weight excluding hydrogens is 245 g/mol. The van der Waals surface area contributed by atoms with Crippen LogP contribution in [0.4, 0.5) is 0 Å². The van der Waals surface area contributed by atoms with E-state index in [-0.39, 0.29) is 0 Å². The van der Waals surface area contributed by atoms with E-state index >= 15 is 0 Å². The van der Waals surface area contributed by atoms with Crippen molar-refractivity contribution in [2.45, 2.75) is 19.8 Å². The van der Waals surface area contributed by atoms with Crippen LogP contribution >= 0.6 is 23.2 Å². The van der Waals surface area contributed by atoms with Crippen LogP contribution in [0, 0.1) is 0 Å². The molecule has 0 heterocycles. The molecule has 0 amide bonds. The summed E-state index contributed by atoms with van der Waals surface area (Å²) in [7, 11) is 0. The molecule has 0 fully saturated rings. The summed E-state index contributed by atoms with van der Waals surface area (Å²) in [5.74, 6) is 0.592. The van der Waals surface area contributed by atoms with Crippen molar-refractivity contribution in [3.8, 4) is 5.75 Å². The second-order valence-corrected chi connectivity index (χ2v) is 4.43. The fourth-order valence-corrected chi connectivity index (χ4v) is 1.86. The number of hydrogen-bond acceptors (Lipinski definition) is 1. The molecule has 0 aliphatic heterocycles. The maximum absolute atomic E-state index is 5.97. The molecular formula is C12H18Cl2NO+. The second kappa shape index (κ2) is 7.77. The Hall–Kier alpha value is -0.440. The van der Waals surface area contributed by atoms with Crippen LogP contribution in [0.15, 0.2) is 18.2 Å². The molecule has 0 aliphatic rings. The minimum absolute atomic E-state index is 0.570. The summed E-state index contributed by atoms with van der Waals surface area (Å²) in [6, 6.07) is 5.37. The molecule has 4 heteroatoms. The van der Waals surface area contributed by atoms with Crippen LogP contribution in [0.3, 0.4) is 0 Å². The lowest BCUT2D eigenvalue weighted by Gasteiger charge is -2.08. The largest absolute Gasteiger partial charge is 0.485 e. The zero-order valence-electron chi connectivity index (χ0n) is 9.51. The van der Waals surface area contributed by atoms with Crippen LogP contribution in [-0.4, -0.2) is 19.7 Å². The molecule has 0 saturated carbocycles. The van der Waals surface area contributed by atoms with E-state index in [0.29, 0.717) is 22.4 Å². The van der Waals surface area contributed by atoms with E-state index in [0.717, 1.165) is 13.1 Å². The van der Waals surface area contributed by atoms with Gasteiger partial charge in [0.15, 0.2) is 5.75 Å². The van der Waals surface area contributed by atoms with E-state index < -0.39 is 0 Å². The van der Waals surface area contributed by atoms with Crippen molar-refractivity contribution in [1.29, 1.82) is 0 Å². The Labute approximate surface area is 107 Å². The Morgan fingerprint density at radius 1 is 1.19 bits per heavy atom. The van der Waals surface area contributed by atoms with Crippen LogP contribution in [0.2, 0.25) is 10.0 Å². The van der Waals surface area contributed by atoms with Gasteiger partial charge >= 0.3 is 0 Å². The topological polar surface area (TPSA) is 25.8 Å². The summed E-state index contributed by atoms with van der Waals surface area (Å²) < 4.78 is 5.55. The third kappa shape index (κ3) is 4.60. The van der Waals surface area contributed by atoms with Crippen molar-refractivity contribution in [2.75, 3.05) is 19.7 Å². The number of benzene rings is 1. The molecule has 1 aromatic carbocycles. The summed E-state index contributed by atoms with van der Waals surface area (Å²) in [5.41, 5.74) is 0. The molecule has 0 aromatic heterocycles. The lowest BCUT2D eigenvalue weighted by Crippen LogP contribution is -2.85. The van der Waals surface area contributed by atoms with Gasteiger partial charge in [0.25, 0.3) is 0 Å². The molecule has 0 unspecified atom stereocenters. The molecule has 16 heavy (non-hydrogen) atoms. The minimum atomic E-state index is 0.570. The Kier molecular flexibility index (Phi) is 6.62. The molecule has 0 radical (unpaired) electrons. The maximum atomic E-state index is 5.97. The normalized spacial score (nSPS) is 10.4. The Morgan fingerprint density at radius 3 is 2.50 bits per heavy atom. The molecule has 90 valence electrons. The van der Waals surface area contributed by atoms with Crippen molar-refractivity contribution in [3.63, 3.8) is 0 Å². The number of para-hydroxylation sites is 1. The quantitative estimate of drug-likeness (QED) is 0.752. The fraction of sp³-hybridized carbons (Fsp3) is 0.500. The van der Waals surface area contributed by atoms with Gasteiger partial charge in [-0.2, -0.15) is 0 Å². The molecule has 0 aliphatic carbocycles. The Morgan fingerprint density at radius 2 is 1.88 bits per heavy atom. The van der Waals surface area contributed by atoms with Gasteiger partial charge < -0.3 is 10.1 Å². The summed E-state index contributed by atoms with van der Waals surface area (Å²) in [4.78, 5) is 0. The van der Waals surface area contributed by atoms with E-state index in [9.17, 15) is 0 Å². The van der Waals surface area contributed by atoms with Crippen LogP contribution in [0.5, 0.6) is 5.75 Å². The zero-order valence-corrected chi connectivity index (χ0v) is 11.0. The lowest BCUT2D eigenvalue weighted by molar-refractivity contribution is -0.655. The highest BCUT2D eigenvalue weighted by Gasteiger charge is 2.06. The van der Waals surface area contributed by atoms with E-state index in [1.807, 2.05) is 6.07 Å². The lowest BCUT2D eigenvalue weighted by atomic mass is 10.3. The summed E-state index contributed by atoms with van der Waals surface area (Å²) >= 11 is 11.9. The van der Waals surface area contributed by atoms with Crippen molar-refractivity contribution >= 4 is 23.2 Å². The summed E-state index contributed by atoms with van der Waals surface area (Å²) in [6.07, 6.45) is 2.47. The van der Waals surface area contributed by atoms with Gasteiger partial charge in [-0.3, -0.25) is 0 Å². The van der Waals surface area contributed by atoms with Gasteiger partial charge in [-0.25, -0.2) is 0 Å². The summed E-state index contributed by atoms with van der Waals surface area (Å²) in [5, 5.41) is 3.39. The van der Waals surface area contributed by atoms with Gasteiger partial charge in [0.05, 0.1) is 16.6 Å². The number of ether oxygens (including phenoxy) is 1. The smallest absolute Gasteiger partial charge is 0.156 e. The van der Waals surface area contributed by atoms with Gasteiger partial charge in [-0.05, 0) is 18.6 Å². The van der Waals surface area contributed by atoms with Crippen LogP contribution in [-0.2, 0) is 0 Å². The van der Waals surface area contributed by atoms with Crippen LogP contribution in [0.25, 0.3) is 0 Å². The van der Waals surface area contributed by atoms with Gasteiger partial charge in [0, 0.05) is 0 Å². The van der Waals surface area contributed by atoms with E-state index in [4.69, 9.17) is 27.9 Å². The standard InChI is InChI=1S/C12H17Cl2NO/c1-2-3-7-15-8-9-16-12-10(13)5-4-6-11(12)14/h4-6,15H,2-3,7-9H2,1H3/p+1. The number of rotatable bonds is 7. The highest BCUT2D eigenvalue weighted by molar-refractivity contribution is 6.37. The predicted octanol–water partition coefficient (Wildman–Crippen LogP) is 2.74. The van der Waals surface area contributed by atoms with Crippen LogP contribution < -0.4 is 10.1 Å². The average Bonchev–Trinajstić information content (AvgIpc) is 2.26. The molecule has 0 bridgehead atoms. The average molecular weight is 263 g/mol. The van der Waals surface area contributed by atoms with Gasteiger partial charge in [-0.1, -0.05) is 42.6 Å². The van der Waals surface area contributed by atoms with Crippen molar-refractivity contribution in [3.05, 3.63) is 28.2 Å². The number of unbranched alkanes of at least 4 members (excludes halogenated alkanes) is 1. The molecule has 0 spiro atoms. The molecule has 1 aromatic rings. The van der Waals surface area contributed by atoms with Gasteiger partial charge in [0.1, 0.15) is 13.2 Å². The molecule has 2 N–H and O–H groups in total.